The fraction of sp³-hybridized carbons (Fsp3) is 0.522. The first kappa shape index (κ1) is 16.2. The van der Waals surface area contributed by atoms with Crippen molar-refractivity contribution in [3.05, 3.63) is 42.5 Å². The van der Waals surface area contributed by atoms with Crippen LogP contribution in [0.5, 0.6) is 5.75 Å². The van der Waals surface area contributed by atoms with E-state index in [4.69, 9.17) is 4.74 Å². The van der Waals surface area contributed by atoms with Crippen molar-refractivity contribution in [2.45, 2.75) is 38.5 Å². The first-order valence-corrected chi connectivity index (χ1v) is 10.1. The largest absolute Gasteiger partial charge is 0.484 e. The second-order valence-electron chi connectivity index (χ2n) is 8.99. The summed E-state index contributed by atoms with van der Waals surface area (Å²) in [4.78, 5) is 12.3. The topological polar surface area (TPSA) is 38.3 Å². The molecule has 4 bridgehead atoms. The lowest BCUT2D eigenvalue weighted by molar-refractivity contribution is -0.125. The fourth-order valence-electron chi connectivity index (χ4n) is 6.25. The molecule has 0 spiro atoms. The van der Waals surface area contributed by atoms with Crippen LogP contribution in [0.4, 0.5) is 0 Å². The third-order valence-electron chi connectivity index (χ3n) is 6.92. The van der Waals surface area contributed by atoms with Gasteiger partial charge in [0.15, 0.2) is 6.61 Å². The predicted octanol–water partition coefficient (Wildman–Crippen LogP) is 4.55. The molecule has 6 rings (SSSR count). The van der Waals surface area contributed by atoms with Crippen LogP contribution >= 0.6 is 0 Å². The Bertz CT molecular complexity index is 793. The molecule has 3 heteroatoms. The molecule has 2 aromatic rings. The van der Waals surface area contributed by atoms with E-state index in [2.05, 4.69) is 17.4 Å². The summed E-state index contributed by atoms with van der Waals surface area (Å²) in [6.07, 6.45) is 8.30. The van der Waals surface area contributed by atoms with Crippen LogP contribution in [0, 0.1) is 23.2 Å². The van der Waals surface area contributed by atoms with Crippen LogP contribution < -0.4 is 10.1 Å². The van der Waals surface area contributed by atoms with E-state index in [1.807, 2.05) is 30.3 Å². The molecule has 0 saturated heterocycles. The lowest BCUT2D eigenvalue weighted by atomic mass is 9.49. The van der Waals surface area contributed by atoms with Crippen molar-refractivity contribution in [1.29, 1.82) is 0 Å². The average molecular weight is 349 g/mol. The van der Waals surface area contributed by atoms with E-state index in [0.29, 0.717) is 5.41 Å². The average Bonchev–Trinajstić information content (AvgIpc) is 2.63. The van der Waals surface area contributed by atoms with E-state index in [0.717, 1.165) is 35.4 Å². The number of amides is 1. The lowest BCUT2D eigenvalue weighted by Crippen LogP contribution is -2.51. The molecule has 4 saturated carbocycles. The van der Waals surface area contributed by atoms with E-state index in [1.165, 1.54) is 43.9 Å². The molecule has 26 heavy (non-hydrogen) atoms. The molecule has 1 amide bonds. The Morgan fingerprint density at radius 3 is 2.31 bits per heavy atom. The summed E-state index contributed by atoms with van der Waals surface area (Å²) in [7, 11) is 0. The van der Waals surface area contributed by atoms with Gasteiger partial charge in [0.25, 0.3) is 5.91 Å². The Kier molecular flexibility index (Phi) is 3.91. The number of hydrogen-bond donors (Lipinski definition) is 1. The summed E-state index contributed by atoms with van der Waals surface area (Å²) >= 11 is 0. The summed E-state index contributed by atoms with van der Waals surface area (Å²) in [5.74, 6) is 3.54. The van der Waals surface area contributed by atoms with E-state index in [1.54, 1.807) is 0 Å². The van der Waals surface area contributed by atoms with E-state index in [-0.39, 0.29) is 12.5 Å². The molecule has 0 unspecified atom stereocenters. The van der Waals surface area contributed by atoms with Gasteiger partial charge < -0.3 is 10.1 Å². The van der Waals surface area contributed by atoms with Crippen LogP contribution in [-0.2, 0) is 4.79 Å². The monoisotopic (exact) mass is 349 g/mol. The van der Waals surface area contributed by atoms with Crippen molar-refractivity contribution in [3.63, 3.8) is 0 Å². The van der Waals surface area contributed by atoms with Gasteiger partial charge in [0.05, 0.1) is 0 Å². The molecule has 4 aliphatic rings. The molecular weight excluding hydrogens is 322 g/mol. The van der Waals surface area contributed by atoms with Crippen LogP contribution in [-0.4, -0.2) is 19.1 Å². The second kappa shape index (κ2) is 6.29. The van der Waals surface area contributed by atoms with Crippen LogP contribution in [0.1, 0.15) is 38.5 Å². The number of hydrogen-bond acceptors (Lipinski definition) is 2. The van der Waals surface area contributed by atoms with Crippen molar-refractivity contribution in [2.24, 2.45) is 23.2 Å². The molecule has 0 atom stereocenters. The SMILES string of the molecule is O=C(COc1ccc2ccccc2c1)NCC12CC3CC(CC(C3)C1)C2. The molecule has 0 radical (unpaired) electrons. The summed E-state index contributed by atoms with van der Waals surface area (Å²) in [5, 5.41) is 5.51. The van der Waals surface area contributed by atoms with Gasteiger partial charge in [-0.2, -0.15) is 0 Å². The molecule has 136 valence electrons. The van der Waals surface area contributed by atoms with Gasteiger partial charge >= 0.3 is 0 Å². The predicted molar refractivity (Wildman–Crippen MR) is 103 cm³/mol. The zero-order valence-electron chi connectivity index (χ0n) is 15.2. The molecule has 3 nitrogen and oxygen atoms in total. The van der Waals surface area contributed by atoms with Crippen molar-refractivity contribution in [2.75, 3.05) is 13.2 Å². The number of rotatable bonds is 5. The van der Waals surface area contributed by atoms with E-state index >= 15 is 0 Å². The van der Waals surface area contributed by atoms with Gasteiger partial charge in [0.1, 0.15) is 5.75 Å². The van der Waals surface area contributed by atoms with Gasteiger partial charge in [-0.05, 0) is 84.6 Å². The van der Waals surface area contributed by atoms with Crippen LogP contribution in [0.3, 0.4) is 0 Å². The highest BCUT2D eigenvalue weighted by Crippen LogP contribution is 2.59. The lowest BCUT2D eigenvalue weighted by Gasteiger charge is -2.56. The summed E-state index contributed by atoms with van der Waals surface area (Å²) in [5.41, 5.74) is 0.382. The van der Waals surface area contributed by atoms with Crippen molar-refractivity contribution in [3.8, 4) is 5.75 Å². The Labute approximate surface area is 155 Å². The maximum absolute atomic E-state index is 12.3. The van der Waals surface area contributed by atoms with Gasteiger partial charge in [-0.15, -0.1) is 0 Å². The zero-order chi connectivity index (χ0) is 17.6. The Morgan fingerprint density at radius 2 is 1.62 bits per heavy atom. The van der Waals surface area contributed by atoms with E-state index in [9.17, 15) is 4.79 Å². The van der Waals surface area contributed by atoms with Gasteiger partial charge in [-0.3, -0.25) is 4.79 Å². The summed E-state index contributed by atoms with van der Waals surface area (Å²) < 4.78 is 5.74. The molecule has 1 N–H and O–H groups in total. The van der Waals surface area contributed by atoms with Crippen molar-refractivity contribution >= 4 is 16.7 Å². The number of nitrogens with one attached hydrogen (secondary N) is 1. The van der Waals surface area contributed by atoms with Gasteiger partial charge in [0.2, 0.25) is 0 Å². The molecule has 2 aromatic carbocycles. The molecule has 0 aromatic heterocycles. The van der Waals surface area contributed by atoms with Crippen LogP contribution in [0.25, 0.3) is 10.8 Å². The third-order valence-corrected chi connectivity index (χ3v) is 6.92. The highest BCUT2D eigenvalue weighted by molar-refractivity contribution is 5.84. The summed E-state index contributed by atoms with van der Waals surface area (Å²) in [6.45, 7) is 0.946. The minimum Gasteiger partial charge on any atom is -0.484 e. The van der Waals surface area contributed by atoms with Crippen LogP contribution in [0.2, 0.25) is 0 Å². The molecule has 4 aliphatic carbocycles. The smallest absolute Gasteiger partial charge is 0.257 e. The molecule has 0 aliphatic heterocycles. The zero-order valence-corrected chi connectivity index (χ0v) is 15.2. The normalized spacial score (nSPS) is 31.9. The summed E-state index contributed by atoms with van der Waals surface area (Å²) in [6, 6.07) is 14.2. The van der Waals surface area contributed by atoms with Gasteiger partial charge in [0, 0.05) is 6.54 Å². The number of carbonyl (C=O) groups is 1. The van der Waals surface area contributed by atoms with Gasteiger partial charge in [-0.25, -0.2) is 0 Å². The fourth-order valence-corrected chi connectivity index (χ4v) is 6.25. The first-order valence-electron chi connectivity index (χ1n) is 10.1. The van der Waals surface area contributed by atoms with E-state index < -0.39 is 0 Å². The maximum Gasteiger partial charge on any atom is 0.257 e. The Hall–Kier alpha value is -2.03. The Morgan fingerprint density at radius 1 is 0.962 bits per heavy atom. The highest BCUT2D eigenvalue weighted by atomic mass is 16.5. The molecular formula is C23H27NO2. The quantitative estimate of drug-likeness (QED) is 0.860. The minimum absolute atomic E-state index is 0.00824. The maximum atomic E-state index is 12.3. The van der Waals surface area contributed by atoms with Crippen molar-refractivity contribution < 1.29 is 9.53 Å². The number of benzene rings is 2. The van der Waals surface area contributed by atoms with Crippen molar-refractivity contribution in [1.82, 2.24) is 5.32 Å². The highest BCUT2D eigenvalue weighted by Gasteiger charge is 2.50. The van der Waals surface area contributed by atoms with Crippen LogP contribution in [0.15, 0.2) is 42.5 Å². The number of ether oxygens (including phenoxy) is 1. The first-order chi connectivity index (χ1) is 12.7. The number of fused-ring (bicyclic) bond motifs is 1. The van der Waals surface area contributed by atoms with Gasteiger partial charge in [-0.1, -0.05) is 30.3 Å². The second-order valence-corrected chi connectivity index (χ2v) is 8.99. The standard InChI is InChI=1S/C23H27NO2/c25-22(14-26-21-6-5-19-3-1-2-4-20(19)10-21)24-15-23-11-16-7-17(12-23)9-18(8-16)13-23/h1-6,10,16-18H,7-9,11-15H2,(H,24,25). The Balaban J connectivity index is 1.16. The number of carbonyl (C=O) groups excluding carboxylic acids is 1. The third kappa shape index (κ3) is 3.08. The molecule has 4 fully saturated rings. The molecule has 0 heterocycles. The minimum atomic E-state index is 0.00824.